The Morgan fingerprint density at radius 2 is 2.25 bits per heavy atom. The van der Waals surface area contributed by atoms with Crippen molar-refractivity contribution in [3.8, 4) is 6.07 Å². The molecular formula is C12H16BrN3. The minimum Gasteiger partial charge on any atom is -0.399 e. The van der Waals surface area contributed by atoms with Gasteiger partial charge in [-0.05, 0) is 31.7 Å². The predicted octanol–water partition coefficient (Wildman–Crippen LogP) is 2.62. The van der Waals surface area contributed by atoms with E-state index in [1.807, 2.05) is 32.2 Å². The molecule has 1 aromatic carbocycles. The van der Waals surface area contributed by atoms with Crippen molar-refractivity contribution in [2.75, 3.05) is 19.3 Å². The van der Waals surface area contributed by atoms with Gasteiger partial charge in [-0.2, -0.15) is 5.26 Å². The molecule has 0 aromatic heterocycles. The number of hydrogen-bond donors (Lipinski definition) is 1. The molecule has 0 aliphatic rings. The Morgan fingerprint density at radius 3 is 2.81 bits per heavy atom. The average Bonchev–Trinajstić information content (AvgIpc) is 2.22. The second kappa shape index (κ2) is 5.88. The Labute approximate surface area is 105 Å². The van der Waals surface area contributed by atoms with Gasteiger partial charge in [0, 0.05) is 23.2 Å². The molecule has 4 heteroatoms. The fourth-order valence-electron chi connectivity index (χ4n) is 1.56. The molecule has 0 bridgehead atoms. The molecule has 0 fully saturated rings. The standard InChI is InChI=1S/C12H16BrN3/c1-9(6-14)7-16(2)8-10-3-4-11(15)5-12(10)13/h3-5,9H,7-8,15H2,1-2H3. The zero-order chi connectivity index (χ0) is 12.1. The van der Waals surface area contributed by atoms with Crippen molar-refractivity contribution in [1.82, 2.24) is 4.90 Å². The maximum absolute atomic E-state index is 8.74. The third-order valence-electron chi connectivity index (χ3n) is 2.32. The van der Waals surface area contributed by atoms with Gasteiger partial charge in [0.2, 0.25) is 0 Å². The van der Waals surface area contributed by atoms with E-state index in [0.717, 1.165) is 23.2 Å². The van der Waals surface area contributed by atoms with E-state index >= 15 is 0 Å². The van der Waals surface area contributed by atoms with Crippen LogP contribution < -0.4 is 5.73 Å². The number of nitrogen functional groups attached to an aromatic ring is 1. The molecule has 0 heterocycles. The number of rotatable bonds is 4. The zero-order valence-electron chi connectivity index (χ0n) is 9.57. The molecule has 0 saturated heterocycles. The summed E-state index contributed by atoms with van der Waals surface area (Å²) >= 11 is 3.49. The number of nitrogens with zero attached hydrogens (tertiary/aromatic N) is 2. The van der Waals surface area contributed by atoms with Gasteiger partial charge in [-0.25, -0.2) is 0 Å². The van der Waals surface area contributed by atoms with E-state index < -0.39 is 0 Å². The van der Waals surface area contributed by atoms with E-state index in [-0.39, 0.29) is 5.92 Å². The van der Waals surface area contributed by atoms with Gasteiger partial charge < -0.3 is 10.6 Å². The second-order valence-corrected chi connectivity index (χ2v) is 4.93. The highest BCUT2D eigenvalue weighted by Crippen LogP contribution is 2.21. The van der Waals surface area contributed by atoms with Gasteiger partial charge >= 0.3 is 0 Å². The molecule has 1 aromatic rings. The number of hydrogen-bond acceptors (Lipinski definition) is 3. The molecule has 1 rings (SSSR count). The highest BCUT2D eigenvalue weighted by atomic mass is 79.9. The van der Waals surface area contributed by atoms with Crippen LogP contribution in [0.3, 0.4) is 0 Å². The van der Waals surface area contributed by atoms with Crippen molar-refractivity contribution in [3.05, 3.63) is 28.2 Å². The molecule has 86 valence electrons. The summed E-state index contributed by atoms with van der Waals surface area (Å²) in [5, 5.41) is 8.74. The van der Waals surface area contributed by atoms with Gasteiger partial charge in [0.05, 0.1) is 12.0 Å². The lowest BCUT2D eigenvalue weighted by Crippen LogP contribution is -2.23. The van der Waals surface area contributed by atoms with Crippen molar-refractivity contribution in [3.63, 3.8) is 0 Å². The zero-order valence-corrected chi connectivity index (χ0v) is 11.2. The van der Waals surface area contributed by atoms with E-state index in [9.17, 15) is 0 Å². The van der Waals surface area contributed by atoms with E-state index in [0.29, 0.717) is 0 Å². The lowest BCUT2D eigenvalue weighted by molar-refractivity contribution is 0.302. The number of halogens is 1. The first-order valence-electron chi connectivity index (χ1n) is 5.15. The minimum absolute atomic E-state index is 0.0533. The Kier molecular flexibility index (Phi) is 4.78. The summed E-state index contributed by atoms with van der Waals surface area (Å²) in [6, 6.07) is 8.03. The first kappa shape index (κ1) is 13.0. The number of benzene rings is 1. The van der Waals surface area contributed by atoms with Crippen LogP contribution in [0.1, 0.15) is 12.5 Å². The fourth-order valence-corrected chi connectivity index (χ4v) is 2.08. The van der Waals surface area contributed by atoms with Gasteiger partial charge in [-0.3, -0.25) is 0 Å². The molecule has 0 saturated carbocycles. The van der Waals surface area contributed by atoms with Crippen LogP contribution >= 0.6 is 15.9 Å². The molecule has 2 N–H and O–H groups in total. The van der Waals surface area contributed by atoms with Crippen LogP contribution in [-0.4, -0.2) is 18.5 Å². The summed E-state index contributed by atoms with van der Waals surface area (Å²) in [6.45, 7) is 3.51. The van der Waals surface area contributed by atoms with Crippen LogP contribution in [0, 0.1) is 17.2 Å². The first-order valence-corrected chi connectivity index (χ1v) is 5.94. The molecule has 1 atom stereocenters. The highest BCUT2D eigenvalue weighted by molar-refractivity contribution is 9.10. The van der Waals surface area contributed by atoms with Crippen LogP contribution in [0.4, 0.5) is 5.69 Å². The third-order valence-corrected chi connectivity index (χ3v) is 3.06. The fraction of sp³-hybridized carbons (Fsp3) is 0.417. The van der Waals surface area contributed by atoms with Crippen LogP contribution in [0.2, 0.25) is 0 Å². The SMILES string of the molecule is CC(C#N)CN(C)Cc1ccc(N)cc1Br. The second-order valence-electron chi connectivity index (χ2n) is 4.08. The molecule has 3 nitrogen and oxygen atoms in total. The van der Waals surface area contributed by atoms with Gasteiger partial charge in [-0.1, -0.05) is 22.0 Å². The quantitative estimate of drug-likeness (QED) is 0.864. The van der Waals surface area contributed by atoms with Crippen molar-refractivity contribution in [2.24, 2.45) is 5.92 Å². The summed E-state index contributed by atoms with van der Waals surface area (Å²) in [6.07, 6.45) is 0. The minimum atomic E-state index is 0.0533. The molecular weight excluding hydrogens is 266 g/mol. The average molecular weight is 282 g/mol. The molecule has 16 heavy (non-hydrogen) atoms. The highest BCUT2D eigenvalue weighted by Gasteiger charge is 2.07. The van der Waals surface area contributed by atoms with Crippen LogP contribution in [-0.2, 0) is 6.54 Å². The monoisotopic (exact) mass is 281 g/mol. The summed E-state index contributed by atoms with van der Waals surface area (Å²) in [5.74, 6) is 0.0533. The number of nitriles is 1. The van der Waals surface area contributed by atoms with Crippen molar-refractivity contribution < 1.29 is 0 Å². The lowest BCUT2D eigenvalue weighted by atomic mass is 10.1. The Bertz CT molecular complexity index is 398. The third kappa shape index (κ3) is 3.84. The molecule has 1 unspecified atom stereocenters. The van der Waals surface area contributed by atoms with Gasteiger partial charge in [0.25, 0.3) is 0 Å². The van der Waals surface area contributed by atoms with Gasteiger partial charge in [0.1, 0.15) is 0 Å². The molecule has 0 spiro atoms. The van der Waals surface area contributed by atoms with Crippen molar-refractivity contribution >= 4 is 21.6 Å². The smallest absolute Gasteiger partial charge is 0.0666 e. The van der Waals surface area contributed by atoms with E-state index in [2.05, 4.69) is 26.9 Å². The van der Waals surface area contributed by atoms with Crippen LogP contribution in [0.15, 0.2) is 22.7 Å². The van der Waals surface area contributed by atoms with Crippen LogP contribution in [0.25, 0.3) is 0 Å². The van der Waals surface area contributed by atoms with Gasteiger partial charge in [0.15, 0.2) is 0 Å². The largest absolute Gasteiger partial charge is 0.399 e. The van der Waals surface area contributed by atoms with E-state index in [1.54, 1.807) is 0 Å². The van der Waals surface area contributed by atoms with Crippen molar-refractivity contribution in [2.45, 2.75) is 13.5 Å². The number of nitrogens with two attached hydrogens (primary N) is 1. The van der Waals surface area contributed by atoms with Crippen molar-refractivity contribution in [1.29, 1.82) is 5.26 Å². The Balaban J connectivity index is 2.63. The van der Waals surface area contributed by atoms with E-state index in [4.69, 9.17) is 11.0 Å². The molecule has 0 aliphatic carbocycles. The maximum Gasteiger partial charge on any atom is 0.0666 e. The molecule has 0 radical (unpaired) electrons. The summed E-state index contributed by atoms with van der Waals surface area (Å²) in [5.41, 5.74) is 7.61. The Hall–Kier alpha value is -1.05. The summed E-state index contributed by atoms with van der Waals surface area (Å²) in [7, 11) is 2.01. The summed E-state index contributed by atoms with van der Waals surface area (Å²) < 4.78 is 1.02. The topological polar surface area (TPSA) is 53.0 Å². The molecule has 0 amide bonds. The molecule has 0 aliphatic heterocycles. The lowest BCUT2D eigenvalue weighted by Gasteiger charge is -2.18. The van der Waals surface area contributed by atoms with E-state index in [1.165, 1.54) is 5.56 Å². The first-order chi connectivity index (χ1) is 7.52. The number of anilines is 1. The summed E-state index contributed by atoms with van der Waals surface area (Å²) in [4.78, 5) is 2.13. The normalized spacial score (nSPS) is 12.4. The Morgan fingerprint density at radius 1 is 1.56 bits per heavy atom. The van der Waals surface area contributed by atoms with Crippen LogP contribution in [0.5, 0.6) is 0 Å². The van der Waals surface area contributed by atoms with Gasteiger partial charge in [-0.15, -0.1) is 0 Å². The predicted molar refractivity (Wildman–Crippen MR) is 69.7 cm³/mol. The maximum atomic E-state index is 8.74.